The van der Waals surface area contributed by atoms with Crippen molar-refractivity contribution in [2.45, 2.75) is 26.3 Å². The van der Waals surface area contributed by atoms with Crippen molar-refractivity contribution in [3.8, 4) is 6.07 Å². The number of carbonyl (C=O) groups is 1. The maximum atomic E-state index is 11.9. The smallest absolute Gasteiger partial charge is 0.226 e. The summed E-state index contributed by atoms with van der Waals surface area (Å²) in [5.74, 6) is 0.552. The second-order valence-electron chi connectivity index (χ2n) is 4.63. The average molecular weight is 269 g/mol. The number of hydrogen-bond donors (Lipinski definition) is 1. The minimum atomic E-state index is -0.163. The van der Waals surface area contributed by atoms with Crippen LogP contribution in [0.3, 0.4) is 0 Å². The van der Waals surface area contributed by atoms with E-state index in [-0.39, 0.29) is 18.4 Å². The van der Waals surface area contributed by atoms with Gasteiger partial charge in [0.2, 0.25) is 5.91 Å². The van der Waals surface area contributed by atoms with Gasteiger partial charge in [-0.2, -0.15) is 5.26 Å². The Labute approximate surface area is 117 Å². The Morgan fingerprint density at radius 2 is 2.30 bits per heavy atom. The highest BCUT2D eigenvalue weighted by atomic mass is 16.5. The number of carbonyl (C=O) groups excluding carboxylic acids is 1. The number of nitrogens with one attached hydrogen (secondary N) is 1. The summed E-state index contributed by atoms with van der Waals surface area (Å²) in [6.45, 7) is 3.66. The van der Waals surface area contributed by atoms with Crippen LogP contribution in [-0.4, -0.2) is 11.1 Å². The SMILES string of the molecule is Cc1cc(CC(=O)NC(C)c2cccc(C#N)c2)no1. The molecule has 1 atom stereocenters. The third-order valence-corrected chi connectivity index (χ3v) is 2.91. The minimum absolute atomic E-state index is 0.131. The monoisotopic (exact) mass is 269 g/mol. The van der Waals surface area contributed by atoms with E-state index in [0.29, 0.717) is 17.0 Å². The molecule has 0 fully saturated rings. The van der Waals surface area contributed by atoms with Gasteiger partial charge in [-0.25, -0.2) is 0 Å². The summed E-state index contributed by atoms with van der Waals surface area (Å²) in [5.41, 5.74) is 2.09. The summed E-state index contributed by atoms with van der Waals surface area (Å²) in [5, 5.41) is 15.5. The molecule has 0 saturated heterocycles. The van der Waals surface area contributed by atoms with Crippen molar-refractivity contribution in [2.75, 3.05) is 0 Å². The first-order chi connectivity index (χ1) is 9.58. The molecule has 0 aliphatic rings. The van der Waals surface area contributed by atoms with Crippen LogP contribution >= 0.6 is 0 Å². The Kier molecular flexibility index (Phi) is 4.16. The van der Waals surface area contributed by atoms with Crippen molar-refractivity contribution in [1.29, 1.82) is 5.26 Å². The van der Waals surface area contributed by atoms with Gasteiger partial charge in [-0.15, -0.1) is 0 Å². The molecule has 0 bridgehead atoms. The molecular formula is C15H15N3O2. The molecule has 0 spiro atoms. The highest BCUT2D eigenvalue weighted by Crippen LogP contribution is 2.14. The molecule has 5 nitrogen and oxygen atoms in total. The molecule has 2 rings (SSSR count). The maximum absolute atomic E-state index is 11.9. The summed E-state index contributed by atoms with van der Waals surface area (Å²) in [4.78, 5) is 11.9. The zero-order valence-electron chi connectivity index (χ0n) is 11.4. The Morgan fingerprint density at radius 3 is 2.95 bits per heavy atom. The van der Waals surface area contributed by atoms with Crippen LogP contribution in [0.2, 0.25) is 0 Å². The molecule has 1 amide bonds. The molecule has 0 aliphatic carbocycles. The highest BCUT2D eigenvalue weighted by Gasteiger charge is 2.12. The first-order valence-electron chi connectivity index (χ1n) is 6.30. The van der Waals surface area contributed by atoms with Crippen molar-refractivity contribution in [3.63, 3.8) is 0 Å². The Hall–Kier alpha value is -2.61. The lowest BCUT2D eigenvalue weighted by Crippen LogP contribution is -2.28. The lowest BCUT2D eigenvalue weighted by atomic mass is 10.1. The van der Waals surface area contributed by atoms with E-state index in [2.05, 4.69) is 16.5 Å². The number of amides is 1. The molecule has 1 aromatic carbocycles. The molecule has 102 valence electrons. The fourth-order valence-corrected chi connectivity index (χ4v) is 1.92. The Balaban J connectivity index is 1.98. The van der Waals surface area contributed by atoms with Crippen molar-refractivity contribution in [1.82, 2.24) is 10.5 Å². The van der Waals surface area contributed by atoms with Gasteiger partial charge in [0.25, 0.3) is 0 Å². The largest absolute Gasteiger partial charge is 0.361 e. The van der Waals surface area contributed by atoms with Gasteiger partial charge in [0.15, 0.2) is 0 Å². The second kappa shape index (κ2) is 6.02. The van der Waals surface area contributed by atoms with Crippen LogP contribution in [0.15, 0.2) is 34.9 Å². The molecule has 1 aromatic heterocycles. The van der Waals surface area contributed by atoms with Gasteiger partial charge in [0, 0.05) is 6.07 Å². The van der Waals surface area contributed by atoms with Gasteiger partial charge in [0.1, 0.15) is 5.76 Å². The molecule has 5 heteroatoms. The lowest BCUT2D eigenvalue weighted by molar-refractivity contribution is -0.121. The summed E-state index contributed by atoms with van der Waals surface area (Å²) in [6.07, 6.45) is 0.180. The molecule has 1 N–H and O–H groups in total. The number of aromatic nitrogens is 1. The highest BCUT2D eigenvalue weighted by molar-refractivity contribution is 5.78. The van der Waals surface area contributed by atoms with E-state index in [1.54, 1.807) is 31.2 Å². The van der Waals surface area contributed by atoms with E-state index >= 15 is 0 Å². The van der Waals surface area contributed by atoms with Crippen LogP contribution in [0.5, 0.6) is 0 Å². The summed E-state index contributed by atoms with van der Waals surface area (Å²) in [7, 11) is 0. The lowest BCUT2D eigenvalue weighted by Gasteiger charge is -2.14. The van der Waals surface area contributed by atoms with E-state index in [1.165, 1.54) is 0 Å². The molecule has 20 heavy (non-hydrogen) atoms. The van der Waals surface area contributed by atoms with Gasteiger partial charge < -0.3 is 9.84 Å². The van der Waals surface area contributed by atoms with Gasteiger partial charge >= 0.3 is 0 Å². The molecule has 1 heterocycles. The topological polar surface area (TPSA) is 78.9 Å². The number of hydrogen-bond acceptors (Lipinski definition) is 4. The first-order valence-corrected chi connectivity index (χ1v) is 6.30. The van der Waals surface area contributed by atoms with Crippen molar-refractivity contribution in [2.24, 2.45) is 0 Å². The maximum Gasteiger partial charge on any atom is 0.226 e. The third-order valence-electron chi connectivity index (χ3n) is 2.91. The molecular weight excluding hydrogens is 254 g/mol. The van der Waals surface area contributed by atoms with Crippen LogP contribution < -0.4 is 5.32 Å². The van der Waals surface area contributed by atoms with E-state index in [4.69, 9.17) is 9.78 Å². The van der Waals surface area contributed by atoms with E-state index < -0.39 is 0 Å². The minimum Gasteiger partial charge on any atom is -0.361 e. The quantitative estimate of drug-likeness (QED) is 0.923. The number of nitriles is 1. The average Bonchev–Trinajstić information content (AvgIpc) is 2.83. The van der Waals surface area contributed by atoms with E-state index in [9.17, 15) is 4.79 Å². The fourth-order valence-electron chi connectivity index (χ4n) is 1.92. The molecule has 2 aromatic rings. The van der Waals surface area contributed by atoms with Gasteiger partial charge in [-0.1, -0.05) is 17.3 Å². The summed E-state index contributed by atoms with van der Waals surface area (Å²) >= 11 is 0. The summed E-state index contributed by atoms with van der Waals surface area (Å²) < 4.78 is 4.92. The van der Waals surface area contributed by atoms with Gasteiger partial charge in [-0.3, -0.25) is 4.79 Å². The second-order valence-corrected chi connectivity index (χ2v) is 4.63. The predicted octanol–water partition coefficient (Wildman–Crippen LogP) is 2.27. The normalized spacial score (nSPS) is 11.7. The van der Waals surface area contributed by atoms with Crippen LogP contribution in [0.4, 0.5) is 0 Å². The van der Waals surface area contributed by atoms with Crippen LogP contribution in [0.1, 0.15) is 35.5 Å². The number of aryl methyl sites for hydroxylation is 1. The Bertz CT molecular complexity index is 655. The summed E-state index contributed by atoms with van der Waals surface area (Å²) in [6, 6.07) is 10.8. The van der Waals surface area contributed by atoms with Crippen LogP contribution in [-0.2, 0) is 11.2 Å². The van der Waals surface area contributed by atoms with Crippen LogP contribution in [0.25, 0.3) is 0 Å². The fraction of sp³-hybridized carbons (Fsp3) is 0.267. The zero-order valence-corrected chi connectivity index (χ0v) is 11.4. The molecule has 1 unspecified atom stereocenters. The van der Waals surface area contributed by atoms with E-state index in [0.717, 1.165) is 5.56 Å². The van der Waals surface area contributed by atoms with Crippen molar-refractivity contribution >= 4 is 5.91 Å². The van der Waals surface area contributed by atoms with Crippen molar-refractivity contribution < 1.29 is 9.32 Å². The van der Waals surface area contributed by atoms with Crippen molar-refractivity contribution in [3.05, 3.63) is 52.9 Å². The molecule has 0 aliphatic heterocycles. The van der Waals surface area contributed by atoms with Crippen LogP contribution in [0, 0.1) is 18.3 Å². The zero-order chi connectivity index (χ0) is 14.5. The predicted molar refractivity (Wildman–Crippen MR) is 72.7 cm³/mol. The first kappa shape index (κ1) is 13.8. The number of rotatable bonds is 4. The number of nitrogens with zero attached hydrogens (tertiary/aromatic N) is 2. The molecule has 0 saturated carbocycles. The van der Waals surface area contributed by atoms with Gasteiger partial charge in [-0.05, 0) is 31.5 Å². The third kappa shape index (κ3) is 3.45. The Morgan fingerprint density at radius 1 is 1.50 bits per heavy atom. The number of benzene rings is 1. The standard InChI is InChI=1S/C15H15N3O2/c1-10-6-14(18-20-10)8-15(19)17-11(2)13-5-3-4-12(7-13)9-16/h3-7,11H,8H2,1-2H3,(H,17,19). The van der Waals surface area contributed by atoms with E-state index in [1.807, 2.05) is 13.0 Å². The van der Waals surface area contributed by atoms with Gasteiger partial charge in [0.05, 0.1) is 29.8 Å². The molecule has 0 radical (unpaired) electrons.